The number of nitrogens with zero attached hydrogens (tertiary/aromatic N) is 1. The summed E-state index contributed by atoms with van der Waals surface area (Å²) >= 11 is 3.51. The molecule has 0 radical (unpaired) electrons. The lowest BCUT2D eigenvalue weighted by Crippen LogP contribution is -2.13. The molecule has 0 saturated heterocycles. The molecule has 1 atom stereocenters. The zero-order valence-electron chi connectivity index (χ0n) is 17.0. The first kappa shape index (κ1) is 20.3. The number of para-hydroxylation sites is 1. The van der Waals surface area contributed by atoms with E-state index in [4.69, 9.17) is 4.98 Å². The summed E-state index contributed by atoms with van der Waals surface area (Å²) in [5.74, 6) is 0.368. The normalized spacial score (nSPS) is 12.0. The van der Waals surface area contributed by atoms with Crippen LogP contribution >= 0.6 is 15.9 Å². The molecule has 4 rings (SSSR count). The molecule has 0 aliphatic carbocycles. The summed E-state index contributed by atoms with van der Waals surface area (Å²) in [5.41, 5.74) is 5.21. The molecule has 1 amide bonds. The van der Waals surface area contributed by atoms with E-state index in [1.54, 1.807) is 0 Å². The number of nitrogens with one attached hydrogen (secondary N) is 1. The summed E-state index contributed by atoms with van der Waals surface area (Å²) in [4.78, 5) is 18.0. The van der Waals surface area contributed by atoms with Crippen molar-refractivity contribution in [2.24, 2.45) is 0 Å². The summed E-state index contributed by atoms with van der Waals surface area (Å²) in [7, 11) is 0. The minimum absolute atomic E-state index is 0.138. The van der Waals surface area contributed by atoms with Crippen LogP contribution in [-0.4, -0.2) is 10.9 Å². The second-order valence-corrected chi connectivity index (χ2v) is 8.38. The van der Waals surface area contributed by atoms with Gasteiger partial charge < -0.3 is 5.32 Å². The number of aromatic nitrogens is 1. The number of carbonyl (C=O) groups is 1. The minimum Gasteiger partial charge on any atom is -0.322 e. The molecule has 1 aromatic heterocycles. The summed E-state index contributed by atoms with van der Waals surface area (Å²) < 4.78 is 0.974. The number of pyridine rings is 1. The highest BCUT2D eigenvalue weighted by atomic mass is 79.9. The Bertz CT molecular complexity index is 1200. The Kier molecular flexibility index (Phi) is 5.96. The standard InChI is InChI=1S/C26H23BrN2O/c1-3-17(2)18-11-13-21(14-12-18)28-26(30)23-16-25(19-7-6-8-20(27)15-19)29-24-10-5-4-9-22(23)24/h4-17H,3H2,1-2H3,(H,28,30). The van der Waals surface area contributed by atoms with Gasteiger partial charge in [0.25, 0.3) is 5.91 Å². The van der Waals surface area contributed by atoms with Gasteiger partial charge in [-0.15, -0.1) is 0 Å². The number of anilines is 1. The zero-order chi connectivity index (χ0) is 21.1. The van der Waals surface area contributed by atoms with E-state index < -0.39 is 0 Å². The fourth-order valence-electron chi connectivity index (χ4n) is 3.49. The summed E-state index contributed by atoms with van der Waals surface area (Å²) in [6.07, 6.45) is 1.09. The molecule has 3 aromatic carbocycles. The van der Waals surface area contributed by atoms with Crippen molar-refractivity contribution in [1.29, 1.82) is 0 Å². The van der Waals surface area contributed by atoms with Gasteiger partial charge in [-0.25, -0.2) is 4.98 Å². The molecule has 0 spiro atoms. The van der Waals surface area contributed by atoms with Crippen molar-refractivity contribution < 1.29 is 4.79 Å². The van der Waals surface area contributed by atoms with Crippen LogP contribution in [0.15, 0.2) is 83.3 Å². The number of amides is 1. The van der Waals surface area contributed by atoms with Crippen LogP contribution in [0.5, 0.6) is 0 Å². The van der Waals surface area contributed by atoms with Crippen molar-refractivity contribution in [2.45, 2.75) is 26.2 Å². The summed E-state index contributed by atoms with van der Waals surface area (Å²) in [5, 5.41) is 3.89. The molecule has 1 unspecified atom stereocenters. The molecule has 0 aliphatic heterocycles. The maximum absolute atomic E-state index is 13.2. The second-order valence-electron chi connectivity index (χ2n) is 7.47. The predicted octanol–water partition coefficient (Wildman–Crippen LogP) is 7.43. The maximum atomic E-state index is 13.2. The van der Waals surface area contributed by atoms with Crippen molar-refractivity contribution >= 4 is 38.4 Å². The highest BCUT2D eigenvalue weighted by Gasteiger charge is 2.14. The van der Waals surface area contributed by atoms with Crippen LogP contribution in [0.2, 0.25) is 0 Å². The van der Waals surface area contributed by atoms with Crippen molar-refractivity contribution in [1.82, 2.24) is 4.98 Å². The predicted molar refractivity (Wildman–Crippen MR) is 128 cm³/mol. The quantitative estimate of drug-likeness (QED) is 0.337. The average Bonchev–Trinajstić information content (AvgIpc) is 2.78. The monoisotopic (exact) mass is 458 g/mol. The number of rotatable bonds is 5. The molecule has 4 aromatic rings. The molecular formula is C26H23BrN2O. The van der Waals surface area contributed by atoms with Gasteiger partial charge in [0.15, 0.2) is 0 Å². The minimum atomic E-state index is -0.138. The second kappa shape index (κ2) is 8.80. The van der Waals surface area contributed by atoms with Gasteiger partial charge in [-0.1, -0.05) is 72.2 Å². The zero-order valence-corrected chi connectivity index (χ0v) is 18.6. The Hall–Kier alpha value is -2.98. The first-order valence-electron chi connectivity index (χ1n) is 10.1. The number of carbonyl (C=O) groups excluding carboxylic acids is 1. The fraction of sp³-hybridized carbons (Fsp3) is 0.154. The number of fused-ring (bicyclic) bond motifs is 1. The van der Waals surface area contributed by atoms with E-state index in [0.29, 0.717) is 11.5 Å². The van der Waals surface area contributed by atoms with E-state index in [-0.39, 0.29) is 5.91 Å². The Balaban J connectivity index is 1.71. The molecule has 0 bridgehead atoms. The number of hydrogen-bond donors (Lipinski definition) is 1. The SMILES string of the molecule is CCC(C)c1ccc(NC(=O)c2cc(-c3cccc(Br)c3)nc3ccccc23)cc1. The van der Waals surface area contributed by atoms with Crippen LogP contribution in [0.3, 0.4) is 0 Å². The van der Waals surface area contributed by atoms with Gasteiger partial charge in [0, 0.05) is 21.1 Å². The average molecular weight is 459 g/mol. The molecule has 1 N–H and O–H groups in total. The van der Waals surface area contributed by atoms with Crippen LogP contribution < -0.4 is 5.32 Å². The molecule has 30 heavy (non-hydrogen) atoms. The van der Waals surface area contributed by atoms with Crippen LogP contribution in [0, 0.1) is 0 Å². The van der Waals surface area contributed by atoms with E-state index in [2.05, 4.69) is 47.2 Å². The lowest BCUT2D eigenvalue weighted by molar-refractivity contribution is 0.102. The Morgan fingerprint density at radius 3 is 2.50 bits per heavy atom. The van der Waals surface area contributed by atoms with Crippen molar-refractivity contribution in [2.75, 3.05) is 5.32 Å². The molecule has 0 aliphatic rings. The molecule has 0 fully saturated rings. The topological polar surface area (TPSA) is 42.0 Å². The van der Waals surface area contributed by atoms with E-state index >= 15 is 0 Å². The third kappa shape index (κ3) is 4.29. The highest BCUT2D eigenvalue weighted by molar-refractivity contribution is 9.10. The molecule has 3 nitrogen and oxygen atoms in total. The number of benzene rings is 3. The summed E-state index contributed by atoms with van der Waals surface area (Å²) in [6, 6.07) is 25.7. The fourth-order valence-corrected chi connectivity index (χ4v) is 3.89. The number of halogens is 1. The van der Waals surface area contributed by atoms with Crippen LogP contribution in [-0.2, 0) is 0 Å². The Morgan fingerprint density at radius 2 is 1.77 bits per heavy atom. The lowest BCUT2D eigenvalue weighted by Gasteiger charge is -2.12. The van der Waals surface area contributed by atoms with Gasteiger partial charge in [0.1, 0.15) is 0 Å². The van der Waals surface area contributed by atoms with Crippen LogP contribution in [0.4, 0.5) is 5.69 Å². The van der Waals surface area contributed by atoms with Gasteiger partial charge in [-0.3, -0.25) is 4.79 Å². The van der Waals surface area contributed by atoms with Gasteiger partial charge in [-0.05, 0) is 54.3 Å². The lowest BCUT2D eigenvalue weighted by atomic mass is 9.98. The molecule has 0 saturated carbocycles. The van der Waals surface area contributed by atoms with Gasteiger partial charge in [-0.2, -0.15) is 0 Å². The van der Waals surface area contributed by atoms with Crippen LogP contribution in [0.1, 0.15) is 42.1 Å². The van der Waals surface area contributed by atoms with E-state index in [9.17, 15) is 4.79 Å². The van der Waals surface area contributed by atoms with Crippen molar-refractivity contribution in [3.8, 4) is 11.3 Å². The van der Waals surface area contributed by atoms with E-state index in [0.717, 1.165) is 38.7 Å². The van der Waals surface area contributed by atoms with Crippen LogP contribution in [0.25, 0.3) is 22.2 Å². The first-order valence-corrected chi connectivity index (χ1v) is 10.9. The maximum Gasteiger partial charge on any atom is 0.256 e. The van der Waals surface area contributed by atoms with Gasteiger partial charge in [0.2, 0.25) is 0 Å². The highest BCUT2D eigenvalue weighted by Crippen LogP contribution is 2.27. The van der Waals surface area contributed by atoms with E-state index in [1.807, 2.05) is 66.7 Å². The third-order valence-electron chi connectivity index (χ3n) is 5.43. The van der Waals surface area contributed by atoms with Gasteiger partial charge >= 0.3 is 0 Å². The number of hydrogen-bond acceptors (Lipinski definition) is 2. The van der Waals surface area contributed by atoms with E-state index in [1.165, 1.54) is 5.56 Å². The Labute approximate surface area is 185 Å². The molecular weight excluding hydrogens is 436 g/mol. The van der Waals surface area contributed by atoms with Crippen molar-refractivity contribution in [3.63, 3.8) is 0 Å². The first-order chi connectivity index (χ1) is 14.5. The third-order valence-corrected chi connectivity index (χ3v) is 5.92. The largest absolute Gasteiger partial charge is 0.322 e. The molecule has 150 valence electrons. The smallest absolute Gasteiger partial charge is 0.256 e. The Morgan fingerprint density at radius 1 is 1.00 bits per heavy atom. The summed E-state index contributed by atoms with van der Waals surface area (Å²) in [6.45, 7) is 4.39. The van der Waals surface area contributed by atoms with Gasteiger partial charge in [0.05, 0.1) is 16.8 Å². The van der Waals surface area contributed by atoms with Crippen molar-refractivity contribution in [3.05, 3.63) is 94.5 Å². The molecule has 1 heterocycles. The molecule has 4 heteroatoms.